The molecule has 180 valence electrons. The number of sulfonamides is 1. The predicted octanol–water partition coefficient (Wildman–Crippen LogP) is 3.39. The highest BCUT2D eigenvalue weighted by Gasteiger charge is 2.30. The van der Waals surface area contributed by atoms with E-state index >= 15 is 0 Å². The molecule has 0 aliphatic carbocycles. The molecule has 2 rings (SSSR count). The highest BCUT2D eigenvalue weighted by atomic mass is 127. The van der Waals surface area contributed by atoms with Crippen LogP contribution in [-0.2, 0) is 26.2 Å². The molecule has 33 heavy (non-hydrogen) atoms. The van der Waals surface area contributed by atoms with Crippen LogP contribution in [0.25, 0.3) is 0 Å². The molecule has 1 N–H and O–H groups in total. The fourth-order valence-electron chi connectivity index (χ4n) is 3.07. The molecule has 2 aromatic rings. The van der Waals surface area contributed by atoms with Gasteiger partial charge in [0, 0.05) is 22.2 Å². The third-order valence-corrected chi connectivity index (χ3v) is 6.80. The van der Waals surface area contributed by atoms with Gasteiger partial charge in [-0.3, -0.25) is 13.9 Å². The van der Waals surface area contributed by atoms with Gasteiger partial charge in [0.05, 0.1) is 11.9 Å². The number of rotatable bonds is 10. The van der Waals surface area contributed by atoms with E-state index in [0.29, 0.717) is 12.2 Å². The molecule has 0 radical (unpaired) electrons. The summed E-state index contributed by atoms with van der Waals surface area (Å²) in [5.74, 6) is -1.32. The summed E-state index contributed by atoms with van der Waals surface area (Å²) in [4.78, 5) is 27.3. The molecule has 0 saturated carbocycles. The third kappa shape index (κ3) is 7.95. The lowest BCUT2D eigenvalue weighted by Gasteiger charge is -2.31. The molecule has 0 heterocycles. The second-order valence-electron chi connectivity index (χ2n) is 8.17. The van der Waals surface area contributed by atoms with Crippen molar-refractivity contribution < 1.29 is 22.4 Å². The van der Waals surface area contributed by atoms with Gasteiger partial charge < -0.3 is 10.2 Å². The van der Waals surface area contributed by atoms with E-state index in [1.807, 2.05) is 13.8 Å². The van der Waals surface area contributed by atoms with Crippen LogP contribution in [0.1, 0.15) is 26.3 Å². The molecule has 0 fully saturated rings. The van der Waals surface area contributed by atoms with Gasteiger partial charge >= 0.3 is 0 Å². The standard InChI is InChI=1S/C23H29FIN3O4S/c1-16(2)13-26-23(30)17(3)27(14-18-7-5-6-8-21(18)24)22(29)15-28(33(4,31)32)20-11-9-19(25)10-12-20/h5-12,16-17H,13-15H2,1-4H3,(H,26,30)/t17-/m1/s1. The number of benzene rings is 2. The molecule has 7 nitrogen and oxygen atoms in total. The van der Waals surface area contributed by atoms with Gasteiger partial charge in [0.15, 0.2) is 0 Å². The average molecular weight is 589 g/mol. The minimum absolute atomic E-state index is 0.175. The summed E-state index contributed by atoms with van der Waals surface area (Å²) >= 11 is 2.10. The van der Waals surface area contributed by atoms with Gasteiger partial charge in [-0.15, -0.1) is 0 Å². The smallest absolute Gasteiger partial charge is 0.244 e. The number of hydrogen-bond acceptors (Lipinski definition) is 4. The Balaban J connectivity index is 2.36. The summed E-state index contributed by atoms with van der Waals surface area (Å²) in [6.45, 7) is 5.16. The monoisotopic (exact) mass is 589 g/mol. The van der Waals surface area contributed by atoms with Crippen LogP contribution in [0.3, 0.4) is 0 Å². The Morgan fingerprint density at radius 1 is 1.06 bits per heavy atom. The maximum atomic E-state index is 14.3. The van der Waals surface area contributed by atoms with E-state index in [0.717, 1.165) is 14.1 Å². The van der Waals surface area contributed by atoms with E-state index in [1.54, 1.807) is 37.3 Å². The van der Waals surface area contributed by atoms with Crippen molar-refractivity contribution in [2.24, 2.45) is 5.92 Å². The molecule has 0 unspecified atom stereocenters. The molecule has 0 aromatic heterocycles. The van der Waals surface area contributed by atoms with Crippen LogP contribution in [0.2, 0.25) is 0 Å². The second-order valence-corrected chi connectivity index (χ2v) is 11.3. The number of carbonyl (C=O) groups is 2. The van der Waals surface area contributed by atoms with Gasteiger partial charge in [-0.2, -0.15) is 0 Å². The van der Waals surface area contributed by atoms with Crippen LogP contribution in [0.5, 0.6) is 0 Å². The van der Waals surface area contributed by atoms with Crippen LogP contribution in [0.15, 0.2) is 48.5 Å². The van der Waals surface area contributed by atoms with Crippen molar-refractivity contribution in [2.75, 3.05) is 23.7 Å². The van der Waals surface area contributed by atoms with Gasteiger partial charge in [-0.1, -0.05) is 32.0 Å². The first-order chi connectivity index (χ1) is 15.4. The quantitative estimate of drug-likeness (QED) is 0.431. The van der Waals surface area contributed by atoms with Crippen molar-refractivity contribution in [3.8, 4) is 0 Å². The molecule has 0 spiro atoms. The number of amides is 2. The maximum absolute atomic E-state index is 14.3. The second kappa shape index (κ2) is 11.8. The SMILES string of the molecule is CC(C)CNC(=O)[C@@H](C)N(Cc1ccccc1F)C(=O)CN(c1ccc(I)cc1)S(C)(=O)=O. The van der Waals surface area contributed by atoms with E-state index in [1.165, 1.54) is 23.1 Å². The molecule has 0 aliphatic heterocycles. The summed E-state index contributed by atoms with van der Waals surface area (Å²) in [6, 6.07) is 11.7. The van der Waals surface area contributed by atoms with Gasteiger partial charge in [0.1, 0.15) is 18.4 Å². The third-order valence-electron chi connectivity index (χ3n) is 4.94. The van der Waals surface area contributed by atoms with Crippen molar-refractivity contribution in [3.05, 3.63) is 63.5 Å². The van der Waals surface area contributed by atoms with Crippen LogP contribution in [0, 0.1) is 15.3 Å². The van der Waals surface area contributed by atoms with Crippen LogP contribution in [-0.4, -0.2) is 50.5 Å². The minimum Gasteiger partial charge on any atom is -0.354 e. The van der Waals surface area contributed by atoms with Crippen LogP contribution < -0.4 is 9.62 Å². The lowest BCUT2D eigenvalue weighted by molar-refractivity contribution is -0.139. The topological polar surface area (TPSA) is 86.8 Å². The van der Waals surface area contributed by atoms with Crippen molar-refractivity contribution in [1.29, 1.82) is 0 Å². The van der Waals surface area contributed by atoms with Gasteiger partial charge in [-0.25, -0.2) is 12.8 Å². The lowest BCUT2D eigenvalue weighted by Crippen LogP contribution is -2.51. The van der Waals surface area contributed by atoms with Gasteiger partial charge in [-0.05, 0) is 65.8 Å². The Morgan fingerprint density at radius 2 is 1.67 bits per heavy atom. The fourth-order valence-corrected chi connectivity index (χ4v) is 4.28. The van der Waals surface area contributed by atoms with E-state index < -0.39 is 40.2 Å². The highest BCUT2D eigenvalue weighted by Crippen LogP contribution is 2.21. The zero-order valence-corrected chi connectivity index (χ0v) is 22.1. The van der Waals surface area contributed by atoms with Crippen LogP contribution >= 0.6 is 22.6 Å². The number of halogens is 2. The predicted molar refractivity (Wildman–Crippen MR) is 136 cm³/mol. The zero-order chi connectivity index (χ0) is 24.8. The molecule has 1 atom stereocenters. The largest absolute Gasteiger partial charge is 0.354 e. The van der Waals surface area contributed by atoms with Crippen molar-refractivity contribution >= 4 is 50.1 Å². The first kappa shape index (κ1) is 27.0. The number of hydrogen-bond donors (Lipinski definition) is 1. The maximum Gasteiger partial charge on any atom is 0.244 e. The first-order valence-corrected chi connectivity index (χ1v) is 13.4. The van der Waals surface area contributed by atoms with E-state index in [2.05, 4.69) is 27.9 Å². The highest BCUT2D eigenvalue weighted by molar-refractivity contribution is 14.1. The molecule has 2 aromatic carbocycles. The number of carbonyl (C=O) groups excluding carboxylic acids is 2. The van der Waals surface area contributed by atoms with Crippen molar-refractivity contribution in [2.45, 2.75) is 33.4 Å². The molecular formula is C23H29FIN3O4S. The average Bonchev–Trinajstić information content (AvgIpc) is 2.74. The summed E-state index contributed by atoms with van der Waals surface area (Å²) in [7, 11) is -3.80. The Labute approximate surface area is 208 Å². The summed E-state index contributed by atoms with van der Waals surface area (Å²) < 4.78 is 41.2. The van der Waals surface area contributed by atoms with E-state index in [4.69, 9.17) is 0 Å². The van der Waals surface area contributed by atoms with E-state index in [-0.39, 0.29) is 18.0 Å². The normalized spacial score (nSPS) is 12.3. The Hall–Kier alpha value is -2.21. The van der Waals surface area contributed by atoms with Crippen molar-refractivity contribution in [1.82, 2.24) is 10.2 Å². The summed E-state index contributed by atoms with van der Waals surface area (Å²) in [5.41, 5.74) is 0.559. The molecule has 2 amide bonds. The Kier molecular flexibility index (Phi) is 9.65. The molecule has 0 aliphatic rings. The summed E-state index contributed by atoms with van der Waals surface area (Å²) in [6.07, 6.45) is 1.01. The first-order valence-electron chi connectivity index (χ1n) is 10.4. The van der Waals surface area contributed by atoms with Gasteiger partial charge in [0.2, 0.25) is 21.8 Å². The number of anilines is 1. The Morgan fingerprint density at radius 3 is 2.21 bits per heavy atom. The molecule has 10 heteroatoms. The van der Waals surface area contributed by atoms with Gasteiger partial charge in [0.25, 0.3) is 0 Å². The van der Waals surface area contributed by atoms with Crippen molar-refractivity contribution in [3.63, 3.8) is 0 Å². The van der Waals surface area contributed by atoms with E-state index in [9.17, 15) is 22.4 Å². The number of nitrogens with zero attached hydrogens (tertiary/aromatic N) is 2. The minimum atomic E-state index is -3.80. The van der Waals surface area contributed by atoms with Crippen LogP contribution in [0.4, 0.5) is 10.1 Å². The summed E-state index contributed by atoms with van der Waals surface area (Å²) in [5, 5.41) is 2.78. The number of nitrogens with one attached hydrogen (secondary N) is 1. The zero-order valence-electron chi connectivity index (χ0n) is 19.1. The lowest BCUT2D eigenvalue weighted by atomic mass is 10.1. The molecule has 0 bridgehead atoms. The molecular weight excluding hydrogens is 560 g/mol. The Bertz CT molecular complexity index is 1080. The molecule has 0 saturated heterocycles. The fraction of sp³-hybridized carbons (Fsp3) is 0.391.